The first-order valence-corrected chi connectivity index (χ1v) is 12.5. The third kappa shape index (κ3) is 5.91. The average Bonchev–Trinajstić information content (AvgIpc) is 2.82. The van der Waals surface area contributed by atoms with E-state index in [1.165, 1.54) is 23.5 Å². The number of carbonyl (C=O) groups excluding carboxylic acids is 1. The first-order chi connectivity index (χ1) is 16.1. The summed E-state index contributed by atoms with van der Waals surface area (Å²) in [6.07, 6.45) is 0. The molecule has 1 unspecified atom stereocenters. The quantitative estimate of drug-likeness (QED) is 0.423. The molecule has 11 heteroatoms. The lowest BCUT2D eigenvalue weighted by Crippen LogP contribution is -2.51. The third-order valence-electron chi connectivity index (χ3n) is 5.83. The largest absolute Gasteiger partial charge is 0.490 e. The van der Waals surface area contributed by atoms with Gasteiger partial charge in [-0.25, -0.2) is 8.42 Å². The molecule has 0 bridgehead atoms. The topological polar surface area (TPSA) is 122 Å². The number of nitrogens with one attached hydrogen (secondary N) is 1. The number of methoxy groups -OCH3 is 1. The van der Waals surface area contributed by atoms with Gasteiger partial charge in [0.2, 0.25) is 15.9 Å². The van der Waals surface area contributed by atoms with Gasteiger partial charge in [0.05, 0.1) is 29.5 Å². The molecule has 0 spiro atoms. The second kappa shape index (κ2) is 10.9. The Balaban J connectivity index is 1.61. The van der Waals surface area contributed by atoms with E-state index in [2.05, 4.69) is 5.32 Å². The summed E-state index contributed by atoms with van der Waals surface area (Å²) in [4.78, 5) is 25.0. The number of nitro benzene ring substituents is 1. The van der Waals surface area contributed by atoms with Crippen molar-refractivity contribution in [1.29, 1.82) is 0 Å². The Bertz CT molecular complexity index is 1120. The fourth-order valence-electron chi connectivity index (χ4n) is 3.97. The summed E-state index contributed by atoms with van der Waals surface area (Å²) < 4.78 is 32.3. The number of amides is 1. The van der Waals surface area contributed by atoms with E-state index in [-0.39, 0.29) is 48.1 Å². The number of benzene rings is 2. The minimum absolute atomic E-state index is 0.00464. The van der Waals surface area contributed by atoms with E-state index >= 15 is 0 Å². The zero-order valence-corrected chi connectivity index (χ0v) is 20.3. The molecule has 1 aliphatic rings. The van der Waals surface area contributed by atoms with Crippen molar-refractivity contribution in [2.24, 2.45) is 5.92 Å². The number of nitrogens with zero attached hydrogens (tertiary/aromatic N) is 3. The van der Waals surface area contributed by atoms with Crippen molar-refractivity contribution in [3.8, 4) is 5.75 Å². The van der Waals surface area contributed by atoms with Crippen LogP contribution in [0, 0.1) is 16.0 Å². The van der Waals surface area contributed by atoms with E-state index in [1.807, 2.05) is 49.1 Å². The lowest BCUT2D eigenvalue weighted by molar-refractivity contribution is -0.386. The zero-order valence-electron chi connectivity index (χ0n) is 19.5. The number of rotatable bonds is 9. The van der Waals surface area contributed by atoms with Gasteiger partial charge >= 0.3 is 5.69 Å². The van der Waals surface area contributed by atoms with Crippen molar-refractivity contribution in [3.05, 3.63) is 64.2 Å². The molecule has 0 aromatic heterocycles. The van der Waals surface area contributed by atoms with Gasteiger partial charge in [-0.2, -0.15) is 4.31 Å². The van der Waals surface area contributed by atoms with Crippen molar-refractivity contribution in [2.75, 3.05) is 39.8 Å². The minimum Gasteiger partial charge on any atom is -0.490 e. The van der Waals surface area contributed by atoms with Crippen LogP contribution in [-0.2, 0) is 14.8 Å². The van der Waals surface area contributed by atoms with Crippen LogP contribution in [0.5, 0.6) is 5.75 Å². The van der Waals surface area contributed by atoms with Gasteiger partial charge in [0.1, 0.15) is 0 Å². The first kappa shape index (κ1) is 25.6. The third-order valence-corrected chi connectivity index (χ3v) is 7.72. The molecular weight excluding hydrogens is 460 g/mol. The van der Waals surface area contributed by atoms with Crippen molar-refractivity contribution in [3.63, 3.8) is 0 Å². The number of hydrogen-bond donors (Lipinski definition) is 1. The molecule has 1 atom stereocenters. The van der Waals surface area contributed by atoms with Crippen LogP contribution in [0.2, 0.25) is 0 Å². The summed E-state index contributed by atoms with van der Waals surface area (Å²) in [6.45, 7) is 5.38. The standard InChI is InChI=1S/C23H30N4O6S/c1-17(2)23(18-7-5-4-6-8-18)24-22(28)16-25-11-13-26(14-12-25)34(31,32)19-9-10-21(33-3)20(15-19)27(29)30/h4-10,15,17,23H,11-14,16H2,1-3H3,(H,24,28). The molecule has 1 amide bonds. The molecule has 0 saturated carbocycles. The summed E-state index contributed by atoms with van der Waals surface area (Å²) in [5.74, 6) is 0.0847. The maximum atomic E-state index is 13.0. The van der Waals surface area contributed by atoms with E-state index in [4.69, 9.17) is 4.74 Å². The van der Waals surface area contributed by atoms with Gasteiger partial charge in [0, 0.05) is 32.2 Å². The summed E-state index contributed by atoms with van der Waals surface area (Å²) >= 11 is 0. The van der Waals surface area contributed by atoms with Gasteiger partial charge in [0.25, 0.3) is 0 Å². The highest BCUT2D eigenvalue weighted by Gasteiger charge is 2.31. The number of hydrogen-bond acceptors (Lipinski definition) is 7. The monoisotopic (exact) mass is 490 g/mol. The number of sulfonamides is 1. The summed E-state index contributed by atoms with van der Waals surface area (Å²) in [5, 5.41) is 14.4. The zero-order chi connectivity index (χ0) is 24.9. The predicted molar refractivity (Wildman–Crippen MR) is 127 cm³/mol. The van der Waals surface area contributed by atoms with Crippen LogP contribution in [0.15, 0.2) is 53.4 Å². The fourth-order valence-corrected chi connectivity index (χ4v) is 5.41. The Hall–Kier alpha value is -3.02. The second-order valence-electron chi connectivity index (χ2n) is 8.47. The first-order valence-electron chi connectivity index (χ1n) is 11.0. The second-order valence-corrected chi connectivity index (χ2v) is 10.4. The number of carbonyl (C=O) groups is 1. The van der Waals surface area contributed by atoms with Crippen LogP contribution in [0.3, 0.4) is 0 Å². The van der Waals surface area contributed by atoms with E-state index in [0.717, 1.165) is 11.6 Å². The van der Waals surface area contributed by atoms with Crippen LogP contribution in [-0.4, -0.2) is 68.3 Å². The highest BCUT2D eigenvalue weighted by atomic mass is 32.2. The van der Waals surface area contributed by atoms with E-state index in [0.29, 0.717) is 13.1 Å². The highest BCUT2D eigenvalue weighted by molar-refractivity contribution is 7.89. The van der Waals surface area contributed by atoms with Gasteiger partial charge < -0.3 is 10.1 Å². The molecule has 0 aliphatic carbocycles. The predicted octanol–water partition coefficient (Wildman–Crippen LogP) is 2.42. The maximum absolute atomic E-state index is 13.0. The minimum atomic E-state index is -3.92. The molecule has 2 aromatic rings. The molecule has 10 nitrogen and oxygen atoms in total. The Labute approximate surface area is 199 Å². The molecule has 34 heavy (non-hydrogen) atoms. The molecule has 1 heterocycles. The Morgan fingerprint density at radius 2 is 1.76 bits per heavy atom. The van der Waals surface area contributed by atoms with Crippen LogP contribution >= 0.6 is 0 Å². The highest BCUT2D eigenvalue weighted by Crippen LogP contribution is 2.30. The van der Waals surface area contributed by atoms with Gasteiger partial charge in [-0.1, -0.05) is 44.2 Å². The van der Waals surface area contributed by atoms with Gasteiger partial charge in [0.15, 0.2) is 5.75 Å². The number of piperazine rings is 1. The van der Waals surface area contributed by atoms with E-state index < -0.39 is 20.6 Å². The average molecular weight is 491 g/mol. The van der Waals surface area contributed by atoms with Gasteiger partial charge in [-0.3, -0.25) is 19.8 Å². The Kier molecular flexibility index (Phi) is 8.24. The Morgan fingerprint density at radius 1 is 1.12 bits per heavy atom. The molecule has 1 aliphatic heterocycles. The molecule has 1 fully saturated rings. The van der Waals surface area contributed by atoms with Crippen molar-refractivity contribution in [1.82, 2.24) is 14.5 Å². The van der Waals surface area contributed by atoms with E-state index in [1.54, 1.807) is 0 Å². The summed E-state index contributed by atoms with van der Waals surface area (Å²) in [6, 6.07) is 13.3. The normalized spacial score (nSPS) is 16.2. The molecular formula is C23H30N4O6S. The van der Waals surface area contributed by atoms with Gasteiger partial charge in [-0.05, 0) is 23.6 Å². The van der Waals surface area contributed by atoms with Crippen LogP contribution in [0.1, 0.15) is 25.5 Å². The van der Waals surface area contributed by atoms with Crippen molar-refractivity contribution < 1.29 is 22.9 Å². The number of nitro groups is 1. The molecule has 1 N–H and O–H groups in total. The lowest BCUT2D eigenvalue weighted by atomic mass is 9.96. The SMILES string of the molecule is COc1ccc(S(=O)(=O)N2CCN(CC(=O)NC(c3ccccc3)C(C)C)CC2)cc1[N+](=O)[O-]. The molecule has 1 saturated heterocycles. The number of ether oxygens (including phenoxy) is 1. The van der Waals surface area contributed by atoms with Crippen LogP contribution in [0.25, 0.3) is 0 Å². The fraction of sp³-hybridized carbons (Fsp3) is 0.435. The molecule has 2 aromatic carbocycles. The van der Waals surface area contributed by atoms with Crippen LogP contribution in [0.4, 0.5) is 5.69 Å². The lowest BCUT2D eigenvalue weighted by Gasteiger charge is -2.34. The molecule has 3 rings (SSSR count). The molecule has 184 valence electrons. The summed E-state index contributed by atoms with van der Waals surface area (Å²) in [7, 11) is -2.63. The van der Waals surface area contributed by atoms with Crippen LogP contribution < -0.4 is 10.1 Å². The van der Waals surface area contributed by atoms with E-state index in [9.17, 15) is 23.3 Å². The van der Waals surface area contributed by atoms with Crippen molar-refractivity contribution in [2.45, 2.75) is 24.8 Å². The van der Waals surface area contributed by atoms with Crippen molar-refractivity contribution >= 4 is 21.6 Å². The molecule has 0 radical (unpaired) electrons. The maximum Gasteiger partial charge on any atom is 0.312 e. The summed E-state index contributed by atoms with van der Waals surface area (Å²) in [5.41, 5.74) is 0.632. The van der Waals surface area contributed by atoms with Gasteiger partial charge in [-0.15, -0.1) is 0 Å². The smallest absolute Gasteiger partial charge is 0.312 e. The Morgan fingerprint density at radius 3 is 2.32 bits per heavy atom.